The summed E-state index contributed by atoms with van der Waals surface area (Å²) in [6.07, 6.45) is 2.07. The SMILES string of the molecule is CSc1ccc(CN(C)[C@@H](C)C(=O)Nc2cccc(C)c2)cc1. The number of rotatable bonds is 6. The van der Waals surface area contributed by atoms with Crippen molar-refractivity contribution in [2.45, 2.75) is 31.3 Å². The summed E-state index contributed by atoms with van der Waals surface area (Å²) in [4.78, 5) is 15.7. The minimum absolute atomic E-state index is 0.0128. The molecule has 1 amide bonds. The van der Waals surface area contributed by atoms with E-state index in [2.05, 4.69) is 40.7 Å². The highest BCUT2D eigenvalue weighted by atomic mass is 32.2. The molecule has 0 aromatic heterocycles. The van der Waals surface area contributed by atoms with Crippen molar-refractivity contribution >= 4 is 23.4 Å². The highest BCUT2D eigenvalue weighted by Gasteiger charge is 2.18. The molecule has 1 atom stereocenters. The zero-order chi connectivity index (χ0) is 16.8. The summed E-state index contributed by atoms with van der Waals surface area (Å²) < 4.78 is 0. The molecule has 122 valence electrons. The molecule has 0 aliphatic carbocycles. The maximum Gasteiger partial charge on any atom is 0.241 e. The Morgan fingerprint density at radius 2 is 1.91 bits per heavy atom. The van der Waals surface area contributed by atoms with Crippen molar-refractivity contribution in [2.24, 2.45) is 0 Å². The van der Waals surface area contributed by atoms with E-state index in [1.165, 1.54) is 10.5 Å². The number of nitrogens with zero attached hydrogens (tertiary/aromatic N) is 1. The van der Waals surface area contributed by atoms with E-state index in [1.54, 1.807) is 11.8 Å². The molecular formula is C19H24N2OS. The molecule has 0 unspecified atom stereocenters. The van der Waals surface area contributed by atoms with Crippen molar-refractivity contribution < 1.29 is 4.79 Å². The Hall–Kier alpha value is -1.78. The Bertz CT molecular complexity index is 655. The van der Waals surface area contributed by atoms with Gasteiger partial charge >= 0.3 is 0 Å². The van der Waals surface area contributed by atoms with Crippen LogP contribution in [0.3, 0.4) is 0 Å². The van der Waals surface area contributed by atoms with E-state index in [0.717, 1.165) is 17.8 Å². The molecule has 0 aliphatic heterocycles. The van der Waals surface area contributed by atoms with Crippen molar-refractivity contribution in [3.05, 3.63) is 59.7 Å². The molecule has 4 heteroatoms. The third-order valence-corrected chi connectivity index (χ3v) is 4.66. The van der Waals surface area contributed by atoms with Crippen LogP contribution in [0.1, 0.15) is 18.1 Å². The van der Waals surface area contributed by atoms with Crippen LogP contribution in [0.2, 0.25) is 0 Å². The number of nitrogens with one attached hydrogen (secondary N) is 1. The number of carbonyl (C=O) groups excluding carboxylic acids is 1. The van der Waals surface area contributed by atoms with Crippen LogP contribution in [0.5, 0.6) is 0 Å². The predicted molar refractivity (Wildman–Crippen MR) is 99.0 cm³/mol. The van der Waals surface area contributed by atoms with Gasteiger partial charge in [0, 0.05) is 17.1 Å². The molecule has 3 nitrogen and oxygen atoms in total. The van der Waals surface area contributed by atoms with E-state index in [0.29, 0.717) is 0 Å². The first kappa shape index (κ1) is 17.6. The Morgan fingerprint density at radius 3 is 2.52 bits per heavy atom. The van der Waals surface area contributed by atoms with Crippen LogP contribution < -0.4 is 5.32 Å². The summed E-state index contributed by atoms with van der Waals surface area (Å²) in [6.45, 7) is 4.70. The highest BCUT2D eigenvalue weighted by Crippen LogP contribution is 2.16. The quantitative estimate of drug-likeness (QED) is 0.808. The van der Waals surface area contributed by atoms with Gasteiger partial charge in [0.2, 0.25) is 5.91 Å². The third kappa shape index (κ3) is 5.12. The van der Waals surface area contributed by atoms with Crippen molar-refractivity contribution in [2.75, 3.05) is 18.6 Å². The summed E-state index contributed by atoms with van der Waals surface area (Å²) in [5, 5.41) is 2.98. The number of amides is 1. The van der Waals surface area contributed by atoms with Crippen LogP contribution in [0.25, 0.3) is 0 Å². The van der Waals surface area contributed by atoms with Crippen molar-refractivity contribution in [1.82, 2.24) is 4.90 Å². The van der Waals surface area contributed by atoms with Crippen LogP contribution in [0.4, 0.5) is 5.69 Å². The van der Waals surface area contributed by atoms with E-state index < -0.39 is 0 Å². The molecular weight excluding hydrogens is 304 g/mol. The van der Waals surface area contributed by atoms with Gasteiger partial charge in [0.05, 0.1) is 6.04 Å². The summed E-state index contributed by atoms with van der Waals surface area (Å²) in [7, 11) is 1.98. The van der Waals surface area contributed by atoms with E-state index in [4.69, 9.17) is 0 Å². The average Bonchev–Trinajstić information content (AvgIpc) is 2.54. The fourth-order valence-electron chi connectivity index (χ4n) is 2.33. The summed E-state index contributed by atoms with van der Waals surface area (Å²) >= 11 is 1.73. The van der Waals surface area contributed by atoms with Gasteiger partial charge in [-0.05, 0) is 62.5 Å². The number of carbonyl (C=O) groups is 1. The fourth-order valence-corrected chi connectivity index (χ4v) is 2.73. The van der Waals surface area contributed by atoms with E-state index in [9.17, 15) is 4.79 Å². The maximum absolute atomic E-state index is 12.4. The molecule has 1 N–H and O–H groups in total. The minimum atomic E-state index is -0.198. The van der Waals surface area contributed by atoms with Crippen LogP contribution in [0.15, 0.2) is 53.4 Å². The van der Waals surface area contributed by atoms with Crippen LogP contribution in [-0.2, 0) is 11.3 Å². The molecule has 0 fully saturated rings. The van der Waals surface area contributed by atoms with E-state index in [1.807, 2.05) is 45.2 Å². The molecule has 0 bridgehead atoms. The molecule has 2 aromatic carbocycles. The van der Waals surface area contributed by atoms with Crippen molar-refractivity contribution in [3.63, 3.8) is 0 Å². The highest BCUT2D eigenvalue weighted by molar-refractivity contribution is 7.98. The molecule has 0 spiro atoms. The lowest BCUT2D eigenvalue weighted by atomic mass is 10.1. The van der Waals surface area contributed by atoms with Crippen LogP contribution in [0, 0.1) is 6.92 Å². The number of anilines is 1. The first-order valence-electron chi connectivity index (χ1n) is 7.70. The largest absolute Gasteiger partial charge is 0.325 e. The van der Waals surface area contributed by atoms with Gasteiger partial charge in [-0.3, -0.25) is 9.69 Å². The van der Waals surface area contributed by atoms with Gasteiger partial charge < -0.3 is 5.32 Å². The number of hydrogen-bond acceptors (Lipinski definition) is 3. The standard InChI is InChI=1S/C19H24N2OS/c1-14-6-5-7-17(12-14)20-19(22)15(2)21(3)13-16-8-10-18(23-4)11-9-16/h5-12,15H,13H2,1-4H3,(H,20,22)/t15-/m0/s1. The second-order valence-corrected chi connectivity index (χ2v) is 6.68. The normalized spacial score (nSPS) is 12.2. The minimum Gasteiger partial charge on any atom is -0.325 e. The van der Waals surface area contributed by atoms with Gasteiger partial charge in [0.15, 0.2) is 0 Å². The first-order chi connectivity index (χ1) is 11.0. The lowest BCUT2D eigenvalue weighted by Gasteiger charge is -2.24. The number of aryl methyl sites for hydroxylation is 1. The molecule has 2 rings (SSSR count). The fraction of sp³-hybridized carbons (Fsp3) is 0.316. The Morgan fingerprint density at radius 1 is 1.22 bits per heavy atom. The number of thioether (sulfide) groups is 1. The van der Waals surface area contributed by atoms with Crippen molar-refractivity contribution in [3.8, 4) is 0 Å². The van der Waals surface area contributed by atoms with Crippen LogP contribution >= 0.6 is 11.8 Å². The van der Waals surface area contributed by atoms with Gasteiger partial charge in [-0.15, -0.1) is 11.8 Å². The number of benzene rings is 2. The predicted octanol–water partition coefficient (Wildman–Crippen LogP) is 4.18. The smallest absolute Gasteiger partial charge is 0.241 e. The monoisotopic (exact) mass is 328 g/mol. The average molecular weight is 328 g/mol. The molecule has 23 heavy (non-hydrogen) atoms. The first-order valence-corrected chi connectivity index (χ1v) is 8.93. The Labute approximate surface area is 143 Å². The van der Waals surface area contributed by atoms with Gasteiger partial charge in [-0.2, -0.15) is 0 Å². The molecule has 0 saturated heterocycles. The number of hydrogen-bond donors (Lipinski definition) is 1. The lowest BCUT2D eigenvalue weighted by molar-refractivity contribution is -0.120. The zero-order valence-electron chi connectivity index (χ0n) is 14.2. The maximum atomic E-state index is 12.4. The second-order valence-electron chi connectivity index (χ2n) is 5.80. The van der Waals surface area contributed by atoms with Crippen molar-refractivity contribution in [1.29, 1.82) is 0 Å². The Balaban J connectivity index is 1.95. The van der Waals surface area contributed by atoms with E-state index in [-0.39, 0.29) is 11.9 Å². The summed E-state index contributed by atoms with van der Waals surface area (Å²) in [6, 6.07) is 16.1. The summed E-state index contributed by atoms with van der Waals surface area (Å²) in [5.41, 5.74) is 3.19. The molecule has 2 aromatic rings. The zero-order valence-corrected chi connectivity index (χ0v) is 15.0. The molecule has 0 heterocycles. The van der Waals surface area contributed by atoms with Gasteiger partial charge in [-0.1, -0.05) is 24.3 Å². The third-order valence-electron chi connectivity index (χ3n) is 3.92. The molecule has 0 saturated carbocycles. The van der Waals surface area contributed by atoms with E-state index >= 15 is 0 Å². The van der Waals surface area contributed by atoms with Gasteiger partial charge in [-0.25, -0.2) is 0 Å². The molecule has 0 radical (unpaired) electrons. The topological polar surface area (TPSA) is 32.3 Å². The van der Waals surface area contributed by atoms with Gasteiger partial charge in [0.1, 0.15) is 0 Å². The van der Waals surface area contributed by atoms with Crippen LogP contribution in [-0.4, -0.2) is 30.2 Å². The lowest BCUT2D eigenvalue weighted by Crippen LogP contribution is -2.39. The number of likely N-dealkylation sites (N-methyl/N-ethyl adjacent to an activating group) is 1. The van der Waals surface area contributed by atoms with Gasteiger partial charge in [0.25, 0.3) is 0 Å². The Kier molecular flexibility index (Phi) is 6.25. The molecule has 0 aliphatic rings. The summed E-state index contributed by atoms with van der Waals surface area (Å²) in [5.74, 6) is 0.0128. The second kappa shape index (κ2) is 8.18.